The molecular weight excluding hydrogens is 170 g/mol. The molecule has 0 aliphatic rings. The second-order valence-corrected chi connectivity index (χ2v) is 3.16. The fourth-order valence-corrected chi connectivity index (χ4v) is 0.525. The number of hydrogen-bond acceptors (Lipinski definition) is 1. The Hall–Kier alpha value is 0.830. The molecule has 0 heterocycles. The van der Waals surface area contributed by atoms with E-state index in [0.29, 0.717) is 0 Å². The molecule has 0 spiro atoms. The summed E-state index contributed by atoms with van der Waals surface area (Å²) in [7, 11) is 0. The third kappa shape index (κ3) is 2.40. The topological polar surface area (TPSA) is 20.2 Å². The summed E-state index contributed by atoms with van der Waals surface area (Å²) >= 11 is 15.9. The molecule has 0 aliphatic carbocycles. The quantitative estimate of drug-likeness (QED) is 0.638. The van der Waals surface area contributed by atoms with Crippen LogP contribution in [0, 0.1) is 0 Å². The van der Waals surface area contributed by atoms with Gasteiger partial charge in [-0.2, -0.15) is 0 Å². The van der Waals surface area contributed by atoms with Crippen LogP contribution in [0.3, 0.4) is 0 Å². The van der Waals surface area contributed by atoms with Crippen molar-refractivity contribution in [1.29, 1.82) is 0 Å². The highest BCUT2D eigenvalue weighted by Gasteiger charge is 2.26. The fourth-order valence-electron chi connectivity index (χ4n) is 0.0583. The summed E-state index contributed by atoms with van der Waals surface area (Å²) in [4.78, 5) is -0.819. The minimum absolute atomic E-state index is 0.0463. The molecule has 8 heavy (non-hydrogen) atoms. The molecule has 0 aromatic rings. The predicted octanol–water partition coefficient (Wildman–Crippen LogP) is 1.78. The van der Waals surface area contributed by atoms with Crippen molar-refractivity contribution in [1.82, 2.24) is 0 Å². The lowest BCUT2D eigenvalue weighted by Gasteiger charge is -2.20. The van der Waals surface area contributed by atoms with Gasteiger partial charge >= 0.3 is 0 Å². The van der Waals surface area contributed by atoms with Crippen molar-refractivity contribution in [2.45, 2.75) is 17.4 Å². The van der Waals surface area contributed by atoms with E-state index in [9.17, 15) is 0 Å². The zero-order chi connectivity index (χ0) is 6.78. The molecule has 50 valence electrons. The molecule has 0 rings (SSSR count). The molecular formula is C4H7Cl3O. The molecule has 1 N–H and O–H groups in total. The summed E-state index contributed by atoms with van der Waals surface area (Å²) < 4.78 is 0. The van der Waals surface area contributed by atoms with Gasteiger partial charge in [-0.1, -0.05) is 0 Å². The molecule has 0 saturated carbocycles. The van der Waals surface area contributed by atoms with Crippen LogP contribution in [0.25, 0.3) is 0 Å². The molecule has 1 atom stereocenters. The molecule has 4 heteroatoms. The van der Waals surface area contributed by atoms with Gasteiger partial charge in [0, 0.05) is 0 Å². The van der Waals surface area contributed by atoms with E-state index in [4.69, 9.17) is 39.9 Å². The Morgan fingerprint density at radius 1 is 1.62 bits per heavy atom. The first-order chi connectivity index (χ1) is 3.50. The Labute approximate surface area is 63.5 Å². The average Bonchev–Trinajstić information content (AvgIpc) is 1.67. The maximum Gasteiger partial charge on any atom is 0.137 e. The van der Waals surface area contributed by atoms with E-state index in [1.807, 2.05) is 0 Å². The van der Waals surface area contributed by atoms with Crippen LogP contribution >= 0.6 is 34.8 Å². The number of rotatable bonds is 2. The second-order valence-electron chi connectivity index (χ2n) is 1.79. The second kappa shape index (κ2) is 3.11. The van der Waals surface area contributed by atoms with Crippen molar-refractivity contribution in [3.63, 3.8) is 0 Å². The smallest absolute Gasteiger partial charge is 0.137 e. The normalized spacial score (nSPS) is 18.8. The molecule has 0 fully saturated rings. The summed E-state index contributed by atoms with van der Waals surface area (Å²) in [5.41, 5.74) is -1.16. The van der Waals surface area contributed by atoms with Crippen molar-refractivity contribution < 1.29 is 5.11 Å². The molecule has 0 radical (unpaired) electrons. The molecule has 0 aliphatic heterocycles. The van der Waals surface area contributed by atoms with Crippen LogP contribution in [0.4, 0.5) is 0 Å². The fraction of sp³-hybridized carbons (Fsp3) is 1.00. The summed E-state index contributed by atoms with van der Waals surface area (Å²) in [6.45, 7) is 1.48. The number of alkyl halides is 3. The van der Waals surface area contributed by atoms with Gasteiger partial charge in [-0.3, -0.25) is 0 Å². The zero-order valence-electron chi connectivity index (χ0n) is 4.37. The van der Waals surface area contributed by atoms with E-state index in [0.717, 1.165) is 0 Å². The summed E-state index contributed by atoms with van der Waals surface area (Å²) in [6.07, 6.45) is 0. The highest BCUT2D eigenvalue weighted by atomic mass is 35.5. The Balaban J connectivity index is 3.71. The van der Waals surface area contributed by atoms with Crippen molar-refractivity contribution in [3.05, 3.63) is 0 Å². The summed E-state index contributed by atoms with van der Waals surface area (Å²) in [5.74, 6) is 0.0463. The third-order valence-corrected chi connectivity index (χ3v) is 2.22. The van der Waals surface area contributed by atoms with Crippen LogP contribution in [0.5, 0.6) is 0 Å². The van der Waals surface area contributed by atoms with Crippen LogP contribution in [-0.4, -0.2) is 21.4 Å². The maximum atomic E-state index is 9.00. The van der Waals surface area contributed by atoms with Gasteiger partial charge in [-0.15, -0.1) is 34.8 Å². The van der Waals surface area contributed by atoms with Gasteiger partial charge in [0.1, 0.15) is 10.4 Å². The zero-order valence-corrected chi connectivity index (χ0v) is 6.63. The molecule has 0 aromatic carbocycles. The standard InChI is InChI=1S/C4H7Cl3O/c1-4(8,2-5)3(6)7/h3,8H,2H2,1H3. The Bertz CT molecular complexity index is 71.7. The van der Waals surface area contributed by atoms with Crippen molar-refractivity contribution in [2.75, 3.05) is 5.88 Å². The summed E-state index contributed by atoms with van der Waals surface area (Å²) in [5, 5.41) is 9.00. The minimum Gasteiger partial charge on any atom is -0.386 e. The highest BCUT2D eigenvalue weighted by molar-refractivity contribution is 6.45. The van der Waals surface area contributed by atoms with E-state index in [2.05, 4.69) is 0 Å². The third-order valence-electron chi connectivity index (χ3n) is 0.741. The first kappa shape index (κ1) is 8.83. The van der Waals surface area contributed by atoms with E-state index < -0.39 is 10.4 Å². The number of halogens is 3. The largest absolute Gasteiger partial charge is 0.386 e. The van der Waals surface area contributed by atoms with E-state index in [1.54, 1.807) is 0 Å². The molecule has 0 bridgehead atoms. The summed E-state index contributed by atoms with van der Waals surface area (Å²) in [6, 6.07) is 0. The Morgan fingerprint density at radius 2 is 2.00 bits per heavy atom. The number of hydrogen-bond donors (Lipinski definition) is 1. The molecule has 0 amide bonds. The van der Waals surface area contributed by atoms with Crippen molar-refractivity contribution in [3.8, 4) is 0 Å². The number of aliphatic hydroxyl groups is 1. The highest BCUT2D eigenvalue weighted by Crippen LogP contribution is 2.20. The first-order valence-corrected chi connectivity index (χ1v) is 3.48. The van der Waals surface area contributed by atoms with E-state index in [1.165, 1.54) is 6.92 Å². The molecule has 1 unspecified atom stereocenters. The van der Waals surface area contributed by atoms with E-state index in [-0.39, 0.29) is 5.88 Å². The van der Waals surface area contributed by atoms with Gasteiger partial charge in [0.05, 0.1) is 5.88 Å². The van der Waals surface area contributed by atoms with Crippen LogP contribution in [0.15, 0.2) is 0 Å². The van der Waals surface area contributed by atoms with Gasteiger partial charge in [0.2, 0.25) is 0 Å². The molecule has 0 aromatic heterocycles. The molecule has 0 saturated heterocycles. The SMILES string of the molecule is CC(O)(CCl)C(Cl)Cl. The lowest BCUT2D eigenvalue weighted by atomic mass is 10.2. The minimum atomic E-state index is -1.16. The lowest BCUT2D eigenvalue weighted by molar-refractivity contribution is 0.0988. The van der Waals surface area contributed by atoms with Crippen molar-refractivity contribution in [2.24, 2.45) is 0 Å². The Morgan fingerprint density at radius 3 is 2.00 bits per heavy atom. The van der Waals surface area contributed by atoms with Gasteiger partial charge in [0.15, 0.2) is 0 Å². The van der Waals surface area contributed by atoms with Crippen LogP contribution in [0.2, 0.25) is 0 Å². The lowest BCUT2D eigenvalue weighted by Crippen LogP contribution is -2.33. The van der Waals surface area contributed by atoms with Gasteiger partial charge in [-0.25, -0.2) is 0 Å². The maximum absolute atomic E-state index is 9.00. The van der Waals surface area contributed by atoms with Gasteiger partial charge in [0.25, 0.3) is 0 Å². The van der Waals surface area contributed by atoms with Crippen LogP contribution in [-0.2, 0) is 0 Å². The van der Waals surface area contributed by atoms with Crippen molar-refractivity contribution >= 4 is 34.8 Å². The molecule has 1 nitrogen and oxygen atoms in total. The van der Waals surface area contributed by atoms with Crippen LogP contribution in [0.1, 0.15) is 6.92 Å². The van der Waals surface area contributed by atoms with Crippen LogP contribution < -0.4 is 0 Å². The van der Waals surface area contributed by atoms with E-state index >= 15 is 0 Å². The predicted molar refractivity (Wildman–Crippen MR) is 36.8 cm³/mol. The van der Waals surface area contributed by atoms with Gasteiger partial charge in [-0.05, 0) is 6.92 Å². The average molecular weight is 177 g/mol. The monoisotopic (exact) mass is 176 g/mol. The van der Waals surface area contributed by atoms with Gasteiger partial charge < -0.3 is 5.11 Å². The first-order valence-electron chi connectivity index (χ1n) is 2.07. The Kier molecular flexibility index (Phi) is 3.44.